The van der Waals surface area contributed by atoms with Crippen LogP contribution in [0.5, 0.6) is 5.75 Å². The third kappa shape index (κ3) is 3.88. The van der Waals surface area contributed by atoms with Crippen LogP contribution in [0, 0.1) is 0 Å². The number of nitrogens with one attached hydrogen (secondary N) is 1. The highest BCUT2D eigenvalue weighted by Gasteiger charge is 2.03. The first-order chi connectivity index (χ1) is 7.27. The number of alkyl halides is 1. The lowest BCUT2D eigenvalue weighted by molar-refractivity contribution is 0.414. The van der Waals surface area contributed by atoms with Gasteiger partial charge in [-0.1, -0.05) is 12.1 Å². The molecule has 0 aromatic heterocycles. The molecule has 1 aromatic rings. The van der Waals surface area contributed by atoms with Gasteiger partial charge >= 0.3 is 0 Å². The van der Waals surface area contributed by atoms with Crippen molar-refractivity contribution in [1.29, 1.82) is 0 Å². The average Bonchev–Trinajstić information content (AvgIpc) is 2.29. The molecule has 0 aliphatic rings. The van der Waals surface area contributed by atoms with Crippen molar-refractivity contribution in [3.05, 3.63) is 29.8 Å². The van der Waals surface area contributed by atoms with Gasteiger partial charge in [0, 0.05) is 6.04 Å². The van der Waals surface area contributed by atoms with Crippen LogP contribution in [0.1, 0.15) is 24.9 Å². The van der Waals surface area contributed by atoms with Gasteiger partial charge in [-0.15, -0.1) is 0 Å². The summed E-state index contributed by atoms with van der Waals surface area (Å²) in [5.74, 6) is 0.856. The highest BCUT2D eigenvalue weighted by atomic mass is 19.1. The number of ether oxygens (including phenoxy) is 1. The molecule has 0 amide bonds. The molecular weight excluding hydrogens is 193 g/mol. The van der Waals surface area contributed by atoms with Gasteiger partial charge in [-0.25, -0.2) is 0 Å². The lowest BCUT2D eigenvalue weighted by Gasteiger charge is -2.13. The zero-order valence-corrected chi connectivity index (χ0v) is 9.29. The molecule has 0 aliphatic heterocycles. The van der Waals surface area contributed by atoms with E-state index in [1.807, 2.05) is 24.3 Å². The summed E-state index contributed by atoms with van der Waals surface area (Å²) in [6.07, 6.45) is 0.570. The van der Waals surface area contributed by atoms with Crippen LogP contribution in [0.25, 0.3) is 0 Å². The van der Waals surface area contributed by atoms with E-state index >= 15 is 0 Å². The van der Waals surface area contributed by atoms with Crippen LogP contribution in [0.2, 0.25) is 0 Å². The van der Waals surface area contributed by atoms with Crippen molar-refractivity contribution in [2.45, 2.75) is 19.4 Å². The maximum absolute atomic E-state index is 11.9. The van der Waals surface area contributed by atoms with Crippen LogP contribution in [-0.2, 0) is 0 Å². The van der Waals surface area contributed by atoms with Crippen molar-refractivity contribution in [3.63, 3.8) is 0 Å². The first-order valence-electron chi connectivity index (χ1n) is 5.21. The number of rotatable bonds is 6. The molecule has 0 unspecified atom stereocenters. The van der Waals surface area contributed by atoms with Crippen molar-refractivity contribution >= 4 is 0 Å². The normalized spacial score (nSPS) is 12.5. The van der Waals surface area contributed by atoms with Gasteiger partial charge < -0.3 is 10.1 Å². The number of hydrogen-bond acceptors (Lipinski definition) is 2. The summed E-state index contributed by atoms with van der Waals surface area (Å²) < 4.78 is 17.0. The van der Waals surface area contributed by atoms with Crippen LogP contribution < -0.4 is 10.1 Å². The van der Waals surface area contributed by atoms with Crippen LogP contribution in [0.15, 0.2) is 24.3 Å². The largest absolute Gasteiger partial charge is 0.497 e. The van der Waals surface area contributed by atoms with Crippen molar-refractivity contribution in [1.82, 2.24) is 5.32 Å². The van der Waals surface area contributed by atoms with Gasteiger partial charge in [0.25, 0.3) is 0 Å². The van der Waals surface area contributed by atoms with Gasteiger partial charge in [-0.05, 0) is 37.6 Å². The molecule has 0 heterocycles. The molecule has 84 valence electrons. The molecule has 1 aromatic carbocycles. The molecule has 3 heteroatoms. The Labute approximate surface area is 90.4 Å². The molecule has 0 saturated carbocycles. The Balaban J connectivity index is 2.46. The first-order valence-corrected chi connectivity index (χ1v) is 5.21. The lowest BCUT2D eigenvalue weighted by Crippen LogP contribution is -2.20. The maximum Gasteiger partial charge on any atom is 0.118 e. The average molecular weight is 211 g/mol. The Bertz CT molecular complexity index is 273. The van der Waals surface area contributed by atoms with Crippen LogP contribution in [0.3, 0.4) is 0 Å². The fourth-order valence-electron chi connectivity index (χ4n) is 1.40. The zero-order valence-electron chi connectivity index (χ0n) is 9.29. The molecule has 0 radical (unpaired) electrons. The summed E-state index contributed by atoms with van der Waals surface area (Å²) in [6.45, 7) is 2.52. The molecule has 0 aliphatic carbocycles. The van der Waals surface area contributed by atoms with Crippen molar-refractivity contribution in [3.8, 4) is 5.75 Å². The zero-order chi connectivity index (χ0) is 11.1. The van der Waals surface area contributed by atoms with E-state index in [-0.39, 0.29) is 12.7 Å². The van der Waals surface area contributed by atoms with E-state index in [2.05, 4.69) is 12.2 Å². The van der Waals surface area contributed by atoms with E-state index in [4.69, 9.17) is 4.74 Å². The summed E-state index contributed by atoms with van der Waals surface area (Å²) in [4.78, 5) is 0. The molecule has 1 rings (SSSR count). The molecule has 0 bridgehead atoms. The third-order valence-electron chi connectivity index (χ3n) is 2.38. The first kappa shape index (κ1) is 12.0. The summed E-state index contributed by atoms with van der Waals surface area (Å²) in [7, 11) is 1.65. The van der Waals surface area contributed by atoms with E-state index in [0.717, 1.165) is 5.75 Å². The van der Waals surface area contributed by atoms with Crippen LogP contribution in [-0.4, -0.2) is 20.3 Å². The maximum atomic E-state index is 11.9. The Morgan fingerprint density at radius 2 is 2.00 bits per heavy atom. The second-order valence-corrected chi connectivity index (χ2v) is 3.49. The Hall–Kier alpha value is -1.09. The van der Waals surface area contributed by atoms with Gasteiger partial charge in [-0.2, -0.15) is 0 Å². The van der Waals surface area contributed by atoms with E-state index in [1.54, 1.807) is 7.11 Å². The number of hydrogen-bond donors (Lipinski definition) is 1. The van der Waals surface area contributed by atoms with Gasteiger partial charge in [0.15, 0.2) is 0 Å². The van der Waals surface area contributed by atoms with Crippen LogP contribution in [0.4, 0.5) is 4.39 Å². The molecular formula is C12H18FNO. The molecule has 2 nitrogen and oxygen atoms in total. The van der Waals surface area contributed by atoms with E-state index in [1.165, 1.54) is 5.56 Å². The van der Waals surface area contributed by atoms with Crippen LogP contribution >= 0.6 is 0 Å². The Morgan fingerprint density at radius 1 is 1.33 bits per heavy atom. The number of benzene rings is 1. The number of halogens is 1. The van der Waals surface area contributed by atoms with Gasteiger partial charge in [-0.3, -0.25) is 4.39 Å². The Kier molecular flexibility index (Phi) is 5.12. The van der Waals surface area contributed by atoms with E-state index in [9.17, 15) is 4.39 Å². The topological polar surface area (TPSA) is 21.3 Å². The number of methoxy groups -OCH3 is 1. The highest BCUT2D eigenvalue weighted by Crippen LogP contribution is 2.16. The summed E-state index contributed by atoms with van der Waals surface area (Å²) in [5, 5.41) is 3.26. The molecule has 1 atom stereocenters. The predicted octanol–water partition coefficient (Wildman–Crippen LogP) is 2.71. The minimum atomic E-state index is -0.262. The van der Waals surface area contributed by atoms with Gasteiger partial charge in [0.2, 0.25) is 0 Å². The Morgan fingerprint density at radius 3 is 2.53 bits per heavy atom. The smallest absolute Gasteiger partial charge is 0.118 e. The summed E-state index contributed by atoms with van der Waals surface area (Å²) >= 11 is 0. The van der Waals surface area contributed by atoms with Crippen molar-refractivity contribution in [2.24, 2.45) is 0 Å². The van der Waals surface area contributed by atoms with Crippen molar-refractivity contribution in [2.75, 3.05) is 20.3 Å². The monoisotopic (exact) mass is 211 g/mol. The highest BCUT2D eigenvalue weighted by molar-refractivity contribution is 5.28. The minimum absolute atomic E-state index is 0.252. The standard InChI is InChI=1S/C12H18FNO/c1-10(14-9-3-8-13)11-4-6-12(15-2)7-5-11/h4-7,10,14H,3,8-9H2,1-2H3/t10-/m0/s1. The molecule has 0 spiro atoms. The molecule has 0 fully saturated rings. The van der Waals surface area contributed by atoms with E-state index in [0.29, 0.717) is 13.0 Å². The van der Waals surface area contributed by atoms with Gasteiger partial charge in [0.05, 0.1) is 13.8 Å². The fraction of sp³-hybridized carbons (Fsp3) is 0.500. The van der Waals surface area contributed by atoms with Crippen molar-refractivity contribution < 1.29 is 9.13 Å². The lowest BCUT2D eigenvalue weighted by atomic mass is 10.1. The third-order valence-corrected chi connectivity index (χ3v) is 2.38. The van der Waals surface area contributed by atoms with Gasteiger partial charge in [0.1, 0.15) is 5.75 Å². The summed E-state index contributed by atoms with van der Waals surface area (Å²) in [6, 6.07) is 8.16. The van der Waals surface area contributed by atoms with E-state index < -0.39 is 0 Å². The molecule has 1 N–H and O–H groups in total. The predicted molar refractivity (Wildman–Crippen MR) is 60.0 cm³/mol. The fourth-order valence-corrected chi connectivity index (χ4v) is 1.40. The second kappa shape index (κ2) is 6.40. The minimum Gasteiger partial charge on any atom is -0.497 e. The molecule has 0 saturated heterocycles. The SMILES string of the molecule is COc1ccc([C@H](C)NCCCF)cc1. The summed E-state index contributed by atoms with van der Waals surface area (Å²) in [5.41, 5.74) is 1.19. The molecule has 15 heavy (non-hydrogen) atoms. The second-order valence-electron chi connectivity index (χ2n) is 3.49. The quantitative estimate of drug-likeness (QED) is 0.730.